The van der Waals surface area contributed by atoms with Crippen LogP contribution < -0.4 is 4.90 Å². The summed E-state index contributed by atoms with van der Waals surface area (Å²) in [6, 6.07) is 1.91. The third-order valence-corrected chi connectivity index (χ3v) is 4.53. The van der Waals surface area contributed by atoms with Gasteiger partial charge in [-0.3, -0.25) is 4.68 Å². The smallest absolute Gasteiger partial charge is 0.225 e. The van der Waals surface area contributed by atoms with E-state index in [1.54, 1.807) is 6.20 Å². The molecule has 0 bridgehead atoms. The van der Waals surface area contributed by atoms with Gasteiger partial charge in [-0.2, -0.15) is 5.10 Å². The molecular formula is C16H20FN5O2. The molecule has 7 nitrogen and oxygen atoms in total. The van der Waals surface area contributed by atoms with Crippen LogP contribution in [0.5, 0.6) is 0 Å². The number of rotatable bonds is 3. The molecule has 1 spiro atoms. The van der Waals surface area contributed by atoms with Crippen molar-refractivity contribution >= 4 is 5.95 Å². The fourth-order valence-corrected chi connectivity index (χ4v) is 3.41. The van der Waals surface area contributed by atoms with Crippen LogP contribution in [0.15, 0.2) is 30.9 Å². The molecule has 0 N–H and O–H groups in total. The van der Waals surface area contributed by atoms with Gasteiger partial charge >= 0.3 is 0 Å². The Morgan fingerprint density at radius 2 is 2.21 bits per heavy atom. The van der Waals surface area contributed by atoms with Crippen LogP contribution in [-0.4, -0.2) is 57.8 Å². The number of hydrogen-bond acceptors (Lipinski definition) is 6. The maximum absolute atomic E-state index is 13.1. The molecule has 2 saturated heterocycles. The van der Waals surface area contributed by atoms with E-state index in [2.05, 4.69) is 15.1 Å². The molecule has 0 saturated carbocycles. The van der Waals surface area contributed by atoms with Crippen molar-refractivity contribution in [1.82, 2.24) is 19.7 Å². The molecule has 2 aliphatic heterocycles. The number of halogens is 1. The van der Waals surface area contributed by atoms with E-state index in [9.17, 15) is 4.39 Å². The minimum atomic E-state index is -0.434. The number of aromatic nitrogens is 4. The van der Waals surface area contributed by atoms with Crippen molar-refractivity contribution in [3.63, 3.8) is 0 Å². The molecule has 2 atom stereocenters. The summed E-state index contributed by atoms with van der Waals surface area (Å²) in [4.78, 5) is 10.2. The largest absolute Gasteiger partial charge is 0.377 e. The van der Waals surface area contributed by atoms with Crippen molar-refractivity contribution in [1.29, 1.82) is 0 Å². The topological polar surface area (TPSA) is 65.3 Å². The second-order valence-electron chi connectivity index (χ2n) is 6.37. The van der Waals surface area contributed by atoms with Crippen LogP contribution in [0.25, 0.3) is 0 Å². The van der Waals surface area contributed by atoms with E-state index < -0.39 is 5.82 Å². The minimum Gasteiger partial charge on any atom is -0.377 e. The maximum atomic E-state index is 13.1. The minimum absolute atomic E-state index is 0.114. The number of anilines is 1. The van der Waals surface area contributed by atoms with Crippen LogP contribution in [0.4, 0.5) is 10.3 Å². The van der Waals surface area contributed by atoms with E-state index in [0.717, 1.165) is 19.4 Å². The lowest BCUT2D eigenvalue weighted by atomic mass is 10.0. The first-order chi connectivity index (χ1) is 11.7. The van der Waals surface area contributed by atoms with Crippen LogP contribution in [0, 0.1) is 5.82 Å². The van der Waals surface area contributed by atoms with Crippen molar-refractivity contribution in [3.05, 3.63) is 36.7 Å². The maximum Gasteiger partial charge on any atom is 0.225 e. The molecule has 0 unspecified atom stereocenters. The van der Waals surface area contributed by atoms with E-state index in [1.807, 2.05) is 21.8 Å². The van der Waals surface area contributed by atoms with Gasteiger partial charge in [0.2, 0.25) is 5.95 Å². The van der Waals surface area contributed by atoms with Gasteiger partial charge in [-0.1, -0.05) is 0 Å². The molecule has 2 aliphatic rings. The highest BCUT2D eigenvalue weighted by atomic mass is 19.1. The van der Waals surface area contributed by atoms with Crippen LogP contribution in [-0.2, 0) is 16.0 Å². The van der Waals surface area contributed by atoms with Crippen LogP contribution in [0.1, 0.15) is 12.8 Å². The molecule has 0 aromatic carbocycles. The molecular weight excluding hydrogens is 313 g/mol. The quantitative estimate of drug-likeness (QED) is 0.843. The van der Waals surface area contributed by atoms with Crippen LogP contribution in [0.3, 0.4) is 0 Å². The fraction of sp³-hybridized carbons (Fsp3) is 0.562. The predicted octanol–water partition coefficient (Wildman–Crippen LogP) is 1.27. The standard InChI is InChI=1S/C16H20FN5O2/c17-13-8-18-15(19-9-13)21-6-7-23-12-16(11-21)3-2-14(24-16)10-22-5-1-4-20-22/h1,4-5,8-9,14H,2-3,6-7,10-12H2/t14-,16+/m1/s1. The van der Waals surface area contributed by atoms with E-state index >= 15 is 0 Å². The summed E-state index contributed by atoms with van der Waals surface area (Å²) in [6.07, 6.45) is 8.08. The first-order valence-electron chi connectivity index (χ1n) is 8.18. The lowest BCUT2D eigenvalue weighted by molar-refractivity contribution is -0.0807. The molecule has 0 radical (unpaired) electrons. The van der Waals surface area contributed by atoms with Crippen LogP contribution in [0.2, 0.25) is 0 Å². The zero-order valence-corrected chi connectivity index (χ0v) is 13.3. The molecule has 2 aromatic heterocycles. The third-order valence-electron chi connectivity index (χ3n) is 4.53. The Bertz CT molecular complexity index is 666. The monoisotopic (exact) mass is 333 g/mol. The number of hydrogen-bond donors (Lipinski definition) is 0. The van der Waals surface area contributed by atoms with Gasteiger partial charge in [0, 0.05) is 18.9 Å². The number of nitrogens with zero attached hydrogens (tertiary/aromatic N) is 5. The molecule has 4 heterocycles. The molecule has 24 heavy (non-hydrogen) atoms. The average molecular weight is 333 g/mol. The van der Waals surface area contributed by atoms with Gasteiger partial charge in [0.05, 0.1) is 44.8 Å². The molecule has 2 fully saturated rings. The Labute approximate surface area is 139 Å². The van der Waals surface area contributed by atoms with E-state index in [-0.39, 0.29) is 11.7 Å². The van der Waals surface area contributed by atoms with Crippen molar-refractivity contribution < 1.29 is 13.9 Å². The Morgan fingerprint density at radius 1 is 1.33 bits per heavy atom. The van der Waals surface area contributed by atoms with Crippen molar-refractivity contribution in [2.45, 2.75) is 31.1 Å². The van der Waals surface area contributed by atoms with Gasteiger partial charge in [0.1, 0.15) is 5.60 Å². The molecule has 0 amide bonds. The summed E-state index contributed by atoms with van der Waals surface area (Å²) in [6.45, 7) is 3.19. The van der Waals surface area contributed by atoms with E-state index in [0.29, 0.717) is 32.3 Å². The Morgan fingerprint density at radius 3 is 3.00 bits per heavy atom. The molecule has 2 aromatic rings. The fourth-order valence-electron chi connectivity index (χ4n) is 3.41. The summed E-state index contributed by atoms with van der Waals surface area (Å²) in [5.74, 6) is 0.0799. The first-order valence-corrected chi connectivity index (χ1v) is 8.18. The second kappa shape index (κ2) is 6.45. The first kappa shape index (κ1) is 15.5. The zero-order valence-electron chi connectivity index (χ0n) is 13.3. The normalized spacial score (nSPS) is 27.5. The Kier molecular flexibility index (Phi) is 4.15. The summed E-state index contributed by atoms with van der Waals surface area (Å²) in [5.41, 5.74) is -0.369. The van der Waals surface area contributed by atoms with Crippen molar-refractivity contribution in [3.8, 4) is 0 Å². The Balaban J connectivity index is 1.47. The molecule has 8 heteroatoms. The molecule has 128 valence electrons. The predicted molar refractivity (Wildman–Crippen MR) is 84.1 cm³/mol. The average Bonchev–Trinajstić information content (AvgIpc) is 3.17. The van der Waals surface area contributed by atoms with Crippen molar-refractivity contribution in [2.24, 2.45) is 0 Å². The summed E-state index contributed by atoms with van der Waals surface area (Å²) in [5, 5.41) is 4.24. The van der Waals surface area contributed by atoms with Crippen LogP contribution >= 0.6 is 0 Å². The highest BCUT2D eigenvalue weighted by Gasteiger charge is 2.43. The summed E-state index contributed by atoms with van der Waals surface area (Å²) >= 11 is 0. The van der Waals surface area contributed by atoms with Gasteiger partial charge in [0.15, 0.2) is 5.82 Å². The van der Waals surface area contributed by atoms with Gasteiger partial charge < -0.3 is 14.4 Å². The third kappa shape index (κ3) is 3.25. The summed E-state index contributed by atoms with van der Waals surface area (Å²) < 4.78 is 27.1. The lowest BCUT2D eigenvalue weighted by Crippen LogP contribution is -2.45. The van der Waals surface area contributed by atoms with Crippen molar-refractivity contribution in [2.75, 3.05) is 31.2 Å². The van der Waals surface area contributed by atoms with Gasteiger partial charge in [-0.25, -0.2) is 14.4 Å². The highest BCUT2D eigenvalue weighted by molar-refractivity contribution is 5.30. The van der Waals surface area contributed by atoms with E-state index in [4.69, 9.17) is 9.47 Å². The SMILES string of the molecule is Fc1cnc(N2CCOC[C@]3(CC[C@H](Cn4cccn4)O3)C2)nc1. The highest BCUT2D eigenvalue weighted by Crippen LogP contribution is 2.34. The van der Waals surface area contributed by atoms with Gasteiger partial charge in [0.25, 0.3) is 0 Å². The molecule has 0 aliphatic carbocycles. The van der Waals surface area contributed by atoms with Gasteiger partial charge in [-0.05, 0) is 18.9 Å². The Hall–Kier alpha value is -2.06. The molecule has 4 rings (SSSR count). The second-order valence-corrected chi connectivity index (χ2v) is 6.37. The zero-order chi connectivity index (χ0) is 16.4. The van der Waals surface area contributed by atoms with E-state index in [1.165, 1.54) is 12.4 Å². The number of ether oxygens (including phenoxy) is 2. The summed E-state index contributed by atoms with van der Waals surface area (Å²) in [7, 11) is 0. The lowest BCUT2D eigenvalue weighted by Gasteiger charge is -2.31. The van der Waals surface area contributed by atoms with Gasteiger partial charge in [-0.15, -0.1) is 0 Å².